The van der Waals surface area contributed by atoms with Gasteiger partial charge in [0.2, 0.25) is 0 Å². The second kappa shape index (κ2) is 5.79. The van der Waals surface area contributed by atoms with Crippen molar-refractivity contribution >= 4 is 33.7 Å². The molecule has 3 aromatic rings. The molecule has 0 saturated heterocycles. The molecule has 2 heteroatoms. The van der Waals surface area contributed by atoms with Gasteiger partial charge in [-0.15, -0.1) is 0 Å². The summed E-state index contributed by atoms with van der Waals surface area (Å²) in [6.07, 6.45) is 0. The Bertz CT molecular complexity index is 624. The molecular formula is C18H16ClP. The van der Waals surface area contributed by atoms with Gasteiger partial charge in [-0.1, -0.05) is 0 Å². The van der Waals surface area contributed by atoms with Gasteiger partial charge in [0.05, 0.1) is 0 Å². The number of benzene rings is 3. The Hall–Kier alpha value is -1.62. The van der Waals surface area contributed by atoms with Crippen molar-refractivity contribution in [2.45, 2.75) is 0 Å². The summed E-state index contributed by atoms with van der Waals surface area (Å²) < 4.78 is 9.39. The molecule has 0 heterocycles. The van der Waals surface area contributed by atoms with E-state index in [0.29, 0.717) is 0 Å². The van der Waals surface area contributed by atoms with E-state index in [-0.39, 0.29) is 0 Å². The topological polar surface area (TPSA) is 0 Å². The Balaban J connectivity index is 2.36. The first-order valence-corrected chi connectivity index (χ1v) is 9.27. The van der Waals surface area contributed by atoms with Crippen molar-refractivity contribution in [2.24, 2.45) is 0 Å². The summed E-state index contributed by atoms with van der Waals surface area (Å²) in [5, 5.41) is 2.59. The van der Waals surface area contributed by atoms with Gasteiger partial charge in [0.15, 0.2) is 0 Å². The molecule has 3 aromatic carbocycles. The molecule has 0 bridgehead atoms. The number of halogens is 1. The zero-order valence-corrected chi connectivity index (χ0v) is 12.6. The van der Waals surface area contributed by atoms with Crippen LogP contribution in [0.1, 0.15) is 0 Å². The quantitative estimate of drug-likeness (QED) is 0.644. The molecular weight excluding hydrogens is 283 g/mol. The van der Waals surface area contributed by atoms with Crippen molar-refractivity contribution in [3.63, 3.8) is 0 Å². The molecule has 0 amide bonds. The van der Waals surface area contributed by atoms with Gasteiger partial charge in [-0.05, 0) is 0 Å². The molecule has 0 aliphatic carbocycles. The van der Waals surface area contributed by atoms with Crippen molar-refractivity contribution in [1.29, 1.82) is 1.28 Å². The third-order valence-electron chi connectivity index (χ3n) is 3.34. The standard InChI is InChI=1S/C18H16ClP/c19-20(16-10-4-1-5-11-16,17-12-6-2-7-13-17)18-14-8-3-9-15-18/h1-15,20H/i20D. The fraction of sp³-hybridized carbons (Fsp3) is 0. The molecule has 0 saturated carbocycles. The van der Waals surface area contributed by atoms with Gasteiger partial charge < -0.3 is 0 Å². The monoisotopic (exact) mass is 299 g/mol. The first-order chi connectivity index (χ1) is 10.1. The zero-order valence-electron chi connectivity index (χ0n) is 12.0. The fourth-order valence-corrected chi connectivity index (χ4v) is 6.00. The Morgan fingerprint density at radius 2 is 0.800 bits per heavy atom. The van der Waals surface area contributed by atoms with Gasteiger partial charge >= 0.3 is 126 Å². The molecule has 0 unspecified atom stereocenters. The van der Waals surface area contributed by atoms with Gasteiger partial charge in [-0.2, -0.15) is 0 Å². The van der Waals surface area contributed by atoms with E-state index in [1.165, 1.54) is 0 Å². The maximum absolute atomic E-state index is 9.39. The minimum atomic E-state index is -3.65. The van der Waals surface area contributed by atoms with E-state index in [2.05, 4.69) is 0 Å². The number of hydrogen-bond acceptors (Lipinski definition) is 0. The van der Waals surface area contributed by atoms with Crippen LogP contribution in [-0.2, 0) is 0 Å². The van der Waals surface area contributed by atoms with Crippen LogP contribution in [0.5, 0.6) is 0 Å². The van der Waals surface area contributed by atoms with Crippen LogP contribution in [0.25, 0.3) is 0 Å². The number of hydrogen-bond donors (Lipinski definition) is 0. The van der Waals surface area contributed by atoms with Crippen LogP contribution in [0.15, 0.2) is 91.0 Å². The van der Waals surface area contributed by atoms with Crippen LogP contribution >= 0.6 is 17.8 Å². The molecule has 0 aliphatic heterocycles. The van der Waals surface area contributed by atoms with Gasteiger partial charge in [0.25, 0.3) is 0 Å². The molecule has 100 valence electrons. The first kappa shape index (κ1) is 12.1. The predicted octanol–water partition coefficient (Wildman–Crippen LogP) is 3.87. The molecule has 0 aromatic heterocycles. The van der Waals surface area contributed by atoms with Gasteiger partial charge in [0, 0.05) is 0 Å². The molecule has 0 atom stereocenters. The van der Waals surface area contributed by atoms with E-state index in [4.69, 9.17) is 11.2 Å². The average molecular weight is 300 g/mol. The summed E-state index contributed by atoms with van der Waals surface area (Å²) in [7, 11) is 0. The van der Waals surface area contributed by atoms with E-state index in [1.54, 1.807) is 0 Å². The minimum absolute atomic E-state index is 0.863. The molecule has 0 N–H and O–H groups in total. The van der Waals surface area contributed by atoms with Crippen LogP contribution in [0.2, 0.25) is 0 Å². The first-order valence-electron chi connectivity index (χ1n) is 7.02. The SMILES string of the molecule is [2H]P(Cl)(c1ccccc1)(c1ccccc1)c1ccccc1. The zero-order chi connectivity index (χ0) is 14.8. The van der Waals surface area contributed by atoms with Crippen LogP contribution < -0.4 is 15.9 Å². The summed E-state index contributed by atoms with van der Waals surface area (Å²) in [6, 6.07) is 29.3. The summed E-state index contributed by atoms with van der Waals surface area (Å²) >= 11 is 7.17. The van der Waals surface area contributed by atoms with Crippen molar-refractivity contribution in [1.82, 2.24) is 0 Å². The molecule has 20 heavy (non-hydrogen) atoms. The Morgan fingerprint density at radius 1 is 0.550 bits per heavy atom. The summed E-state index contributed by atoms with van der Waals surface area (Å²) in [6.45, 7) is -3.65. The van der Waals surface area contributed by atoms with E-state index in [1.807, 2.05) is 91.0 Å². The molecule has 3 rings (SSSR count). The van der Waals surface area contributed by atoms with Gasteiger partial charge in [0.1, 0.15) is 0 Å². The van der Waals surface area contributed by atoms with Crippen LogP contribution in [0.4, 0.5) is 0 Å². The normalized spacial score (nSPS) is 14.1. The number of rotatable bonds is 3. The van der Waals surface area contributed by atoms with Crippen LogP contribution in [0.3, 0.4) is 0 Å². The van der Waals surface area contributed by atoms with Gasteiger partial charge in [-0.3, -0.25) is 0 Å². The molecule has 0 aliphatic rings. The molecule has 0 radical (unpaired) electrons. The van der Waals surface area contributed by atoms with Crippen LogP contribution in [0, 0.1) is 0 Å². The average Bonchev–Trinajstić information content (AvgIpc) is 2.57. The van der Waals surface area contributed by atoms with Gasteiger partial charge in [-0.25, -0.2) is 0 Å². The van der Waals surface area contributed by atoms with Crippen molar-refractivity contribution in [3.8, 4) is 0 Å². The Labute approximate surface area is 126 Å². The van der Waals surface area contributed by atoms with Crippen LogP contribution in [-0.4, -0.2) is 1.28 Å². The van der Waals surface area contributed by atoms with E-state index in [9.17, 15) is 1.28 Å². The van der Waals surface area contributed by atoms with Crippen molar-refractivity contribution in [3.05, 3.63) is 91.0 Å². The Morgan fingerprint density at radius 3 is 1.05 bits per heavy atom. The molecule has 0 nitrogen and oxygen atoms in total. The van der Waals surface area contributed by atoms with E-state index >= 15 is 0 Å². The second-order valence-corrected chi connectivity index (χ2v) is 8.84. The fourth-order valence-electron chi connectivity index (χ4n) is 2.35. The molecule has 0 fully saturated rings. The van der Waals surface area contributed by atoms with E-state index < -0.39 is 6.56 Å². The summed E-state index contributed by atoms with van der Waals surface area (Å²) in [4.78, 5) is 0. The third kappa shape index (κ3) is 2.38. The van der Waals surface area contributed by atoms with Crippen molar-refractivity contribution in [2.75, 3.05) is 0 Å². The van der Waals surface area contributed by atoms with Crippen molar-refractivity contribution < 1.29 is 0 Å². The maximum atomic E-state index is 9.39. The second-order valence-electron chi connectivity index (χ2n) is 4.60. The van der Waals surface area contributed by atoms with E-state index in [0.717, 1.165) is 15.9 Å². The molecule has 0 spiro atoms. The predicted molar refractivity (Wildman–Crippen MR) is 92.4 cm³/mol. The Kier molecular flexibility index (Phi) is 3.52. The summed E-state index contributed by atoms with van der Waals surface area (Å²) in [5.74, 6) is 0. The third-order valence-corrected chi connectivity index (χ3v) is 8.12. The summed E-state index contributed by atoms with van der Waals surface area (Å²) in [5.41, 5.74) is 0.